The SMILES string of the molecule is COC(=O)c1sccc1NC(=O)CN1CCC(C(=O)c2ccccc2)CC1. The van der Waals surface area contributed by atoms with E-state index in [2.05, 4.69) is 5.32 Å². The van der Waals surface area contributed by atoms with Crippen LogP contribution in [0.4, 0.5) is 5.69 Å². The van der Waals surface area contributed by atoms with Crippen LogP contribution in [0.3, 0.4) is 0 Å². The minimum atomic E-state index is -0.458. The van der Waals surface area contributed by atoms with Crippen molar-refractivity contribution in [2.75, 3.05) is 32.1 Å². The number of thiophene rings is 1. The molecule has 0 spiro atoms. The maximum atomic E-state index is 12.5. The Morgan fingerprint density at radius 2 is 1.85 bits per heavy atom. The van der Waals surface area contributed by atoms with Crippen molar-refractivity contribution in [3.05, 3.63) is 52.2 Å². The van der Waals surface area contributed by atoms with Crippen LogP contribution in [-0.2, 0) is 9.53 Å². The predicted molar refractivity (Wildman–Crippen MR) is 104 cm³/mol. The van der Waals surface area contributed by atoms with E-state index in [4.69, 9.17) is 4.74 Å². The quantitative estimate of drug-likeness (QED) is 0.610. The molecule has 1 aromatic carbocycles. The summed E-state index contributed by atoms with van der Waals surface area (Å²) in [5.41, 5.74) is 1.23. The van der Waals surface area contributed by atoms with E-state index in [0.717, 1.165) is 18.4 Å². The molecule has 0 saturated carbocycles. The van der Waals surface area contributed by atoms with Crippen LogP contribution in [0.1, 0.15) is 32.9 Å². The number of esters is 1. The number of benzene rings is 1. The first-order chi connectivity index (χ1) is 13.1. The average Bonchev–Trinajstić information content (AvgIpc) is 3.16. The largest absolute Gasteiger partial charge is 0.465 e. The van der Waals surface area contributed by atoms with Crippen molar-refractivity contribution in [1.29, 1.82) is 0 Å². The summed E-state index contributed by atoms with van der Waals surface area (Å²) in [5.74, 6) is -0.442. The molecule has 2 heterocycles. The Morgan fingerprint density at radius 1 is 1.15 bits per heavy atom. The molecule has 1 aromatic heterocycles. The number of piperidine rings is 1. The maximum Gasteiger partial charge on any atom is 0.350 e. The van der Waals surface area contributed by atoms with Crippen molar-refractivity contribution in [1.82, 2.24) is 4.90 Å². The van der Waals surface area contributed by atoms with Crippen LogP contribution >= 0.6 is 11.3 Å². The highest BCUT2D eigenvalue weighted by Gasteiger charge is 2.27. The van der Waals surface area contributed by atoms with Gasteiger partial charge in [0.2, 0.25) is 5.91 Å². The molecule has 0 radical (unpaired) electrons. The van der Waals surface area contributed by atoms with E-state index in [1.54, 1.807) is 11.4 Å². The Balaban J connectivity index is 1.49. The number of Topliss-reactive ketones (excluding diaryl/α,β-unsaturated/α-hetero) is 1. The lowest BCUT2D eigenvalue weighted by atomic mass is 9.89. The molecule has 0 atom stereocenters. The van der Waals surface area contributed by atoms with Gasteiger partial charge in [-0.1, -0.05) is 30.3 Å². The molecule has 6 nitrogen and oxygen atoms in total. The Labute approximate surface area is 162 Å². The second-order valence-corrected chi connectivity index (χ2v) is 7.40. The molecule has 1 aliphatic rings. The van der Waals surface area contributed by atoms with Gasteiger partial charge in [-0.25, -0.2) is 4.79 Å². The monoisotopic (exact) mass is 386 g/mol. The summed E-state index contributed by atoms with van der Waals surface area (Å²) >= 11 is 1.23. The Hall–Kier alpha value is -2.51. The van der Waals surface area contributed by atoms with Gasteiger partial charge in [-0.05, 0) is 37.4 Å². The molecule has 142 valence electrons. The van der Waals surface area contributed by atoms with Crippen molar-refractivity contribution in [3.8, 4) is 0 Å². The molecule has 1 amide bonds. The predicted octanol–water partition coefficient (Wildman–Crippen LogP) is 3.07. The summed E-state index contributed by atoms with van der Waals surface area (Å²) in [6.45, 7) is 1.64. The number of anilines is 1. The highest BCUT2D eigenvalue weighted by Crippen LogP contribution is 2.24. The zero-order valence-electron chi connectivity index (χ0n) is 15.1. The minimum Gasteiger partial charge on any atom is -0.465 e. The fraction of sp³-hybridized carbons (Fsp3) is 0.350. The van der Waals surface area contributed by atoms with E-state index < -0.39 is 5.97 Å². The van der Waals surface area contributed by atoms with Crippen LogP contribution in [0.15, 0.2) is 41.8 Å². The fourth-order valence-corrected chi connectivity index (χ4v) is 4.01. The van der Waals surface area contributed by atoms with E-state index in [1.165, 1.54) is 18.4 Å². The highest BCUT2D eigenvalue weighted by atomic mass is 32.1. The Bertz CT molecular complexity index is 810. The van der Waals surface area contributed by atoms with Crippen molar-refractivity contribution < 1.29 is 19.1 Å². The molecule has 1 aliphatic heterocycles. The number of carbonyl (C=O) groups excluding carboxylic acids is 3. The molecule has 3 rings (SSSR count). The molecule has 2 aromatic rings. The standard InChI is InChI=1S/C20H22N2O4S/c1-26-20(25)19-16(9-12-27-19)21-17(23)13-22-10-7-15(8-11-22)18(24)14-5-3-2-4-6-14/h2-6,9,12,15H,7-8,10-11,13H2,1H3,(H,21,23). The van der Waals surface area contributed by atoms with E-state index in [0.29, 0.717) is 23.7 Å². The molecule has 27 heavy (non-hydrogen) atoms. The fourth-order valence-electron chi connectivity index (χ4n) is 3.24. The topological polar surface area (TPSA) is 75.7 Å². The van der Waals surface area contributed by atoms with Crippen molar-refractivity contribution in [2.45, 2.75) is 12.8 Å². The molecule has 0 bridgehead atoms. The van der Waals surface area contributed by atoms with Crippen LogP contribution in [0.2, 0.25) is 0 Å². The molecular weight excluding hydrogens is 364 g/mol. The van der Waals surface area contributed by atoms with Gasteiger partial charge in [0.1, 0.15) is 4.88 Å². The van der Waals surface area contributed by atoms with Gasteiger partial charge in [-0.2, -0.15) is 0 Å². The number of hydrogen-bond acceptors (Lipinski definition) is 6. The molecular formula is C20H22N2O4S. The second-order valence-electron chi connectivity index (χ2n) is 6.48. The zero-order valence-corrected chi connectivity index (χ0v) is 16.0. The number of rotatable bonds is 6. The third kappa shape index (κ3) is 4.81. The number of carbonyl (C=O) groups is 3. The lowest BCUT2D eigenvalue weighted by Gasteiger charge is -2.30. The first kappa shape index (κ1) is 19.3. The molecule has 1 N–H and O–H groups in total. The minimum absolute atomic E-state index is 0.00881. The van der Waals surface area contributed by atoms with E-state index >= 15 is 0 Å². The highest BCUT2D eigenvalue weighted by molar-refractivity contribution is 7.12. The van der Waals surface area contributed by atoms with Crippen molar-refractivity contribution >= 4 is 34.7 Å². The molecule has 0 aliphatic carbocycles. The number of methoxy groups -OCH3 is 1. The third-order valence-electron chi connectivity index (χ3n) is 4.69. The molecule has 1 saturated heterocycles. The van der Waals surface area contributed by atoms with Gasteiger partial charge in [-0.3, -0.25) is 14.5 Å². The summed E-state index contributed by atoms with van der Waals surface area (Å²) in [5, 5.41) is 4.51. The number of amides is 1. The van der Waals surface area contributed by atoms with Gasteiger partial charge in [0.25, 0.3) is 0 Å². The lowest BCUT2D eigenvalue weighted by molar-refractivity contribution is -0.117. The van der Waals surface area contributed by atoms with Gasteiger partial charge in [0, 0.05) is 11.5 Å². The van der Waals surface area contributed by atoms with Crippen molar-refractivity contribution in [3.63, 3.8) is 0 Å². The summed E-state index contributed by atoms with van der Waals surface area (Å²) in [6.07, 6.45) is 1.49. The first-order valence-electron chi connectivity index (χ1n) is 8.85. The average molecular weight is 386 g/mol. The van der Waals surface area contributed by atoms with E-state index in [9.17, 15) is 14.4 Å². The molecule has 0 unspecified atom stereocenters. The normalized spacial score (nSPS) is 15.3. The number of nitrogens with zero attached hydrogens (tertiary/aromatic N) is 1. The van der Waals surface area contributed by atoms with Gasteiger partial charge in [-0.15, -0.1) is 11.3 Å². The maximum absolute atomic E-state index is 12.5. The molecule has 7 heteroatoms. The number of hydrogen-bond donors (Lipinski definition) is 1. The van der Waals surface area contributed by atoms with Crippen LogP contribution in [0.25, 0.3) is 0 Å². The summed E-state index contributed by atoms with van der Waals surface area (Å²) in [7, 11) is 1.31. The van der Waals surface area contributed by atoms with Crippen LogP contribution in [0.5, 0.6) is 0 Å². The summed E-state index contributed by atoms with van der Waals surface area (Å²) in [6, 6.07) is 11.0. The Morgan fingerprint density at radius 3 is 2.52 bits per heavy atom. The number of nitrogens with one attached hydrogen (secondary N) is 1. The summed E-state index contributed by atoms with van der Waals surface area (Å²) < 4.78 is 4.72. The van der Waals surface area contributed by atoms with Gasteiger partial charge >= 0.3 is 5.97 Å². The van der Waals surface area contributed by atoms with Crippen molar-refractivity contribution in [2.24, 2.45) is 5.92 Å². The first-order valence-corrected chi connectivity index (χ1v) is 9.73. The van der Waals surface area contributed by atoms with Crippen LogP contribution in [0, 0.1) is 5.92 Å². The summed E-state index contributed by atoms with van der Waals surface area (Å²) in [4.78, 5) is 38.9. The van der Waals surface area contributed by atoms with Crippen LogP contribution in [-0.4, -0.2) is 49.3 Å². The third-order valence-corrected chi connectivity index (χ3v) is 5.59. The van der Waals surface area contributed by atoms with Gasteiger partial charge in [0.05, 0.1) is 19.3 Å². The Kier molecular flexibility index (Phi) is 6.36. The van der Waals surface area contributed by atoms with Gasteiger partial charge < -0.3 is 10.1 Å². The van der Waals surface area contributed by atoms with Crippen LogP contribution < -0.4 is 5.32 Å². The number of ether oxygens (including phenoxy) is 1. The second kappa shape index (κ2) is 8.92. The number of likely N-dealkylation sites (tertiary alicyclic amines) is 1. The number of ketones is 1. The smallest absolute Gasteiger partial charge is 0.350 e. The van der Waals surface area contributed by atoms with Gasteiger partial charge in [0.15, 0.2) is 5.78 Å². The lowest BCUT2D eigenvalue weighted by Crippen LogP contribution is -2.40. The van der Waals surface area contributed by atoms with E-state index in [-0.39, 0.29) is 24.2 Å². The van der Waals surface area contributed by atoms with E-state index in [1.807, 2.05) is 35.2 Å². The molecule has 1 fully saturated rings. The zero-order chi connectivity index (χ0) is 19.2.